The lowest BCUT2D eigenvalue weighted by molar-refractivity contribution is -0.123. The van der Waals surface area contributed by atoms with Gasteiger partial charge in [0.15, 0.2) is 15.4 Å². The molecule has 0 atom stereocenters. The molecule has 7 nitrogen and oxygen atoms in total. The van der Waals surface area contributed by atoms with Crippen molar-refractivity contribution in [1.29, 1.82) is 0 Å². The van der Waals surface area contributed by atoms with Gasteiger partial charge in [0.05, 0.1) is 11.0 Å². The van der Waals surface area contributed by atoms with Crippen molar-refractivity contribution in [2.45, 2.75) is 10.2 Å². The van der Waals surface area contributed by atoms with Gasteiger partial charge in [-0.2, -0.15) is 0 Å². The maximum Gasteiger partial charge on any atom is 0.263 e. The van der Waals surface area contributed by atoms with Crippen molar-refractivity contribution < 1.29 is 14.0 Å². The highest BCUT2D eigenvalue weighted by Crippen LogP contribution is 2.29. The fourth-order valence-corrected chi connectivity index (χ4v) is 3.24. The standard InChI is InChI=1S/C16H10N4O3S2/c21-13-9(14(22)20-15(24)19-13)7-8-5-6-12(23-8)25-16-17-10-3-1-2-4-11(10)18-16/h1-7H,(H,17,18)(H2,19,20,21,22,24). The minimum Gasteiger partial charge on any atom is -0.450 e. The summed E-state index contributed by atoms with van der Waals surface area (Å²) in [5.41, 5.74) is 1.74. The van der Waals surface area contributed by atoms with Gasteiger partial charge in [-0.3, -0.25) is 20.2 Å². The first-order valence-corrected chi connectivity index (χ1v) is 8.42. The van der Waals surface area contributed by atoms with Crippen LogP contribution in [0.25, 0.3) is 17.1 Å². The second-order valence-electron chi connectivity index (χ2n) is 5.11. The molecule has 3 N–H and O–H groups in total. The number of amides is 2. The molecule has 1 aliphatic heterocycles. The Morgan fingerprint density at radius 3 is 2.60 bits per heavy atom. The summed E-state index contributed by atoms with van der Waals surface area (Å²) in [5, 5.41) is 6.01. The van der Waals surface area contributed by atoms with Crippen molar-refractivity contribution in [3.63, 3.8) is 0 Å². The molecule has 3 heterocycles. The Labute approximate surface area is 150 Å². The molecule has 1 aliphatic rings. The molecular weight excluding hydrogens is 360 g/mol. The third kappa shape index (κ3) is 3.19. The number of para-hydroxylation sites is 2. The number of hydrogen-bond donors (Lipinski definition) is 3. The number of aromatic amines is 1. The van der Waals surface area contributed by atoms with Crippen molar-refractivity contribution >= 4 is 58.0 Å². The summed E-state index contributed by atoms with van der Waals surface area (Å²) in [6.07, 6.45) is 1.37. The monoisotopic (exact) mass is 370 g/mol. The number of nitrogens with zero attached hydrogens (tertiary/aromatic N) is 1. The maximum atomic E-state index is 11.8. The van der Waals surface area contributed by atoms with Crippen molar-refractivity contribution in [3.05, 3.63) is 47.7 Å². The van der Waals surface area contributed by atoms with Gasteiger partial charge in [-0.05, 0) is 54.3 Å². The lowest BCUT2D eigenvalue weighted by Gasteiger charge is -2.15. The highest BCUT2D eigenvalue weighted by Gasteiger charge is 2.26. The average Bonchev–Trinajstić information content (AvgIpc) is 3.17. The van der Waals surface area contributed by atoms with Gasteiger partial charge in [0.1, 0.15) is 11.3 Å². The van der Waals surface area contributed by atoms with Gasteiger partial charge in [-0.15, -0.1) is 0 Å². The normalized spacial score (nSPS) is 14.6. The Hall–Kier alpha value is -2.91. The molecule has 1 saturated heterocycles. The van der Waals surface area contributed by atoms with E-state index in [9.17, 15) is 9.59 Å². The summed E-state index contributed by atoms with van der Waals surface area (Å²) in [6.45, 7) is 0. The molecule has 9 heteroatoms. The summed E-state index contributed by atoms with van der Waals surface area (Å²) >= 11 is 6.07. The summed E-state index contributed by atoms with van der Waals surface area (Å²) < 4.78 is 5.64. The molecule has 124 valence electrons. The number of furan rings is 1. The Kier molecular flexibility index (Phi) is 3.86. The quantitative estimate of drug-likeness (QED) is 0.371. The largest absolute Gasteiger partial charge is 0.450 e. The number of carbonyl (C=O) groups excluding carboxylic acids is 2. The molecular formula is C16H10N4O3S2. The summed E-state index contributed by atoms with van der Waals surface area (Å²) in [5.74, 6) is -0.736. The maximum absolute atomic E-state index is 11.8. The molecule has 4 rings (SSSR count). The van der Waals surface area contributed by atoms with E-state index in [1.165, 1.54) is 17.8 Å². The molecule has 3 aromatic rings. The van der Waals surface area contributed by atoms with Crippen LogP contribution in [0.15, 0.2) is 56.6 Å². The van der Waals surface area contributed by atoms with Gasteiger partial charge in [-0.1, -0.05) is 12.1 Å². The molecule has 0 spiro atoms. The SMILES string of the molecule is O=C1NC(=S)NC(=O)C1=Cc1ccc(Sc2nc3ccccc3[nH]2)o1. The summed E-state index contributed by atoms with van der Waals surface area (Å²) in [4.78, 5) is 31.3. The molecule has 0 unspecified atom stereocenters. The number of fused-ring (bicyclic) bond motifs is 1. The lowest BCUT2D eigenvalue weighted by atomic mass is 10.1. The van der Waals surface area contributed by atoms with Crippen LogP contribution in [0.4, 0.5) is 0 Å². The predicted octanol–water partition coefficient (Wildman–Crippen LogP) is 2.22. The predicted molar refractivity (Wildman–Crippen MR) is 95.8 cm³/mol. The average molecular weight is 370 g/mol. The number of rotatable bonds is 3. The first-order chi connectivity index (χ1) is 12.1. The molecule has 0 aliphatic carbocycles. The third-order valence-corrected chi connectivity index (χ3v) is 4.41. The van der Waals surface area contributed by atoms with Crippen LogP contribution >= 0.6 is 24.0 Å². The van der Waals surface area contributed by atoms with Gasteiger partial charge in [0.2, 0.25) is 0 Å². The van der Waals surface area contributed by atoms with E-state index in [2.05, 4.69) is 20.6 Å². The molecule has 0 radical (unpaired) electrons. The summed E-state index contributed by atoms with van der Waals surface area (Å²) in [6, 6.07) is 11.1. The lowest BCUT2D eigenvalue weighted by Crippen LogP contribution is -2.51. The van der Waals surface area contributed by atoms with E-state index < -0.39 is 11.8 Å². The number of aromatic nitrogens is 2. The number of H-pyrrole nitrogens is 1. The molecule has 0 saturated carbocycles. The van der Waals surface area contributed by atoms with E-state index in [0.29, 0.717) is 16.0 Å². The Morgan fingerprint density at radius 1 is 1.08 bits per heavy atom. The van der Waals surface area contributed by atoms with Crippen LogP contribution in [0.1, 0.15) is 5.76 Å². The van der Waals surface area contributed by atoms with Gasteiger partial charge in [0, 0.05) is 0 Å². The van der Waals surface area contributed by atoms with E-state index in [1.54, 1.807) is 12.1 Å². The van der Waals surface area contributed by atoms with E-state index in [4.69, 9.17) is 16.6 Å². The second-order valence-corrected chi connectivity index (χ2v) is 6.51. The minimum absolute atomic E-state index is 0.00674. The number of nitrogens with one attached hydrogen (secondary N) is 3. The first-order valence-electron chi connectivity index (χ1n) is 7.19. The Bertz CT molecular complexity index is 996. The van der Waals surface area contributed by atoms with Crippen molar-refractivity contribution in [1.82, 2.24) is 20.6 Å². The number of hydrogen-bond acceptors (Lipinski definition) is 6. The summed E-state index contributed by atoms with van der Waals surface area (Å²) in [7, 11) is 0. The minimum atomic E-state index is -0.559. The highest BCUT2D eigenvalue weighted by atomic mass is 32.2. The van der Waals surface area contributed by atoms with Crippen LogP contribution in [0, 0.1) is 0 Å². The van der Waals surface area contributed by atoms with Gasteiger partial charge in [-0.25, -0.2) is 4.98 Å². The first kappa shape index (κ1) is 15.6. The third-order valence-electron chi connectivity index (χ3n) is 3.40. The van der Waals surface area contributed by atoms with Crippen molar-refractivity contribution in [2.75, 3.05) is 0 Å². The van der Waals surface area contributed by atoms with E-state index >= 15 is 0 Å². The molecule has 1 aromatic carbocycles. The number of imidazole rings is 1. The van der Waals surface area contributed by atoms with Gasteiger partial charge >= 0.3 is 0 Å². The Morgan fingerprint density at radius 2 is 1.84 bits per heavy atom. The molecule has 2 aromatic heterocycles. The molecule has 1 fully saturated rings. The number of carbonyl (C=O) groups is 2. The van der Waals surface area contributed by atoms with E-state index in [-0.39, 0.29) is 10.7 Å². The fraction of sp³-hybridized carbons (Fsp3) is 0. The zero-order chi connectivity index (χ0) is 17.4. The van der Waals surface area contributed by atoms with Crippen LogP contribution in [0.3, 0.4) is 0 Å². The van der Waals surface area contributed by atoms with Crippen LogP contribution in [-0.4, -0.2) is 26.9 Å². The fourth-order valence-electron chi connectivity index (χ4n) is 2.29. The van der Waals surface area contributed by atoms with E-state index in [1.807, 2.05) is 24.3 Å². The van der Waals surface area contributed by atoms with Crippen molar-refractivity contribution in [2.24, 2.45) is 0 Å². The zero-order valence-corrected chi connectivity index (χ0v) is 14.2. The van der Waals surface area contributed by atoms with E-state index in [0.717, 1.165) is 11.0 Å². The Balaban J connectivity index is 1.55. The second kappa shape index (κ2) is 6.19. The van der Waals surface area contributed by atoms with Crippen LogP contribution in [0.5, 0.6) is 0 Å². The van der Waals surface area contributed by atoms with Crippen LogP contribution < -0.4 is 10.6 Å². The number of benzene rings is 1. The number of thiocarbonyl (C=S) groups is 1. The zero-order valence-electron chi connectivity index (χ0n) is 12.5. The molecule has 25 heavy (non-hydrogen) atoms. The van der Waals surface area contributed by atoms with Gasteiger partial charge in [0.25, 0.3) is 11.8 Å². The molecule has 2 amide bonds. The van der Waals surface area contributed by atoms with Gasteiger partial charge < -0.3 is 9.40 Å². The highest BCUT2D eigenvalue weighted by molar-refractivity contribution is 7.99. The molecule has 0 bridgehead atoms. The van der Waals surface area contributed by atoms with Crippen LogP contribution in [0.2, 0.25) is 0 Å². The smallest absolute Gasteiger partial charge is 0.263 e. The van der Waals surface area contributed by atoms with Crippen LogP contribution in [-0.2, 0) is 9.59 Å². The van der Waals surface area contributed by atoms with Crippen molar-refractivity contribution in [3.8, 4) is 0 Å². The topological polar surface area (TPSA) is 100 Å².